The van der Waals surface area contributed by atoms with Crippen LogP contribution in [0.1, 0.15) is 0 Å². The zero-order valence-corrected chi connectivity index (χ0v) is 18.4. The predicted octanol–water partition coefficient (Wildman–Crippen LogP) is 7.39. The lowest BCUT2D eigenvalue weighted by Gasteiger charge is -2.16. The number of halogens is 1. The maximum Gasteiger partial charge on any atom is 0.168 e. The molecule has 0 aliphatic carbocycles. The van der Waals surface area contributed by atoms with E-state index in [0.717, 1.165) is 44.3 Å². The van der Waals surface area contributed by atoms with Crippen molar-refractivity contribution >= 4 is 10.8 Å². The lowest BCUT2D eigenvalue weighted by Crippen LogP contribution is -1.96. The molecule has 0 bridgehead atoms. The van der Waals surface area contributed by atoms with Crippen molar-refractivity contribution < 1.29 is 13.9 Å². The minimum absolute atomic E-state index is 0.253. The molecule has 1 heterocycles. The van der Waals surface area contributed by atoms with Gasteiger partial charge in [0, 0.05) is 22.7 Å². The van der Waals surface area contributed by atoms with Crippen LogP contribution in [0.25, 0.3) is 44.3 Å². The van der Waals surface area contributed by atoms with Crippen LogP contribution < -0.4 is 9.47 Å². The predicted molar refractivity (Wildman–Crippen MR) is 131 cm³/mol. The topological polar surface area (TPSA) is 31.4 Å². The van der Waals surface area contributed by atoms with Gasteiger partial charge in [0.2, 0.25) is 0 Å². The highest BCUT2D eigenvalue weighted by molar-refractivity contribution is 5.87. The van der Waals surface area contributed by atoms with Crippen molar-refractivity contribution in [2.24, 2.45) is 0 Å². The zero-order valence-electron chi connectivity index (χ0n) is 18.4. The van der Waals surface area contributed by atoms with Gasteiger partial charge in [0.25, 0.3) is 0 Å². The van der Waals surface area contributed by atoms with Gasteiger partial charge in [-0.2, -0.15) is 0 Å². The number of nitrogens with zero attached hydrogens (tertiary/aromatic N) is 1. The lowest BCUT2D eigenvalue weighted by atomic mass is 9.95. The number of aromatic nitrogens is 1. The fourth-order valence-electron chi connectivity index (χ4n) is 4.08. The van der Waals surface area contributed by atoms with Crippen LogP contribution in [-0.2, 0) is 0 Å². The summed E-state index contributed by atoms with van der Waals surface area (Å²) in [6, 6.07) is 28.8. The summed E-state index contributed by atoms with van der Waals surface area (Å²) in [7, 11) is 3.27. The molecule has 162 valence electrons. The highest BCUT2D eigenvalue weighted by atomic mass is 19.1. The zero-order chi connectivity index (χ0) is 22.8. The summed E-state index contributed by atoms with van der Waals surface area (Å²) < 4.78 is 24.8. The summed E-state index contributed by atoms with van der Waals surface area (Å²) >= 11 is 0. The minimum atomic E-state index is -0.253. The Morgan fingerprint density at radius 2 is 1.39 bits per heavy atom. The van der Waals surface area contributed by atoms with Gasteiger partial charge < -0.3 is 9.47 Å². The molecular weight excluding hydrogens is 413 g/mol. The van der Waals surface area contributed by atoms with Crippen LogP contribution in [0.2, 0.25) is 0 Å². The van der Waals surface area contributed by atoms with Crippen molar-refractivity contribution in [1.82, 2.24) is 4.98 Å². The maximum absolute atomic E-state index is 13.4. The normalized spacial score (nSPS) is 10.9. The molecule has 0 radical (unpaired) electrons. The molecule has 3 nitrogen and oxygen atoms in total. The first-order valence-corrected chi connectivity index (χ1v) is 10.6. The van der Waals surface area contributed by atoms with Crippen LogP contribution in [0.15, 0.2) is 97.2 Å². The van der Waals surface area contributed by atoms with E-state index in [-0.39, 0.29) is 5.82 Å². The van der Waals surface area contributed by atoms with Gasteiger partial charge >= 0.3 is 0 Å². The SMILES string of the molecule is COc1cc(-c2cc3ccccc3cn2)cc(-c2cccc(-c3ccc(F)cc3)c2)c1OC. The first kappa shape index (κ1) is 20.7. The number of rotatable bonds is 5. The Balaban J connectivity index is 1.66. The molecule has 0 amide bonds. The third kappa shape index (κ3) is 4.03. The third-order valence-electron chi connectivity index (χ3n) is 5.76. The van der Waals surface area contributed by atoms with Gasteiger partial charge in [0.15, 0.2) is 11.5 Å². The van der Waals surface area contributed by atoms with E-state index in [9.17, 15) is 4.39 Å². The summed E-state index contributed by atoms with van der Waals surface area (Å²) in [5, 5.41) is 2.21. The van der Waals surface area contributed by atoms with E-state index in [1.165, 1.54) is 12.1 Å². The molecule has 5 aromatic rings. The first-order chi connectivity index (χ1) is 16.2. The van der Waals surface area contributed by atoms with E-state index in [1.54, 1.807) is 26.4 Å². The Morgan fingerprint density at radius 3 is 2.15 bits per heavy atom. The standard InChI is InChI=1S/C29H22FNO2/c1-32-28-17-24(27-16-21-6-3-4-7-23(21)18-31-27)15-26(29(28)33-2)22-9-5-8-20(14-22)19-10-12-25(30)13-11-19/h3-18H,1-2H3. The average Bonchev–Trinajstić information content (AvgIpc) is 2.88. The molecule has 0 fully saturated rings. The number of fused-ring (bicyclic) bond motifs is 1. The molecule has 4 aromatic carbocycles. The first-order valence-electron chi connectivity index (χ1n) is 10.6. The Kier molecular flexibility index (Phi) is 5.49. The molecule has 0 aliphatic rings. The molecule has 5 rings (SSSR count). The van der Waals surface area contributed by atoms with Crippen LogP contribution in [0.3, 0.4) is 0 Å². The van der Waals surface area contributed by atoms with E-state index < -0.39 is 0 Å². The van der Waals surface area contributed by atoms with Gasteiger partial charge in [-0.25, -0.2) is 4.39 Å². The van der Waals surface area contributed by atoms with Crippen molar-refractivity contribution in [3.8, 4) is 45.0 Å². The fourth-order valence-corrected chi connectivity index (χ4v) is 4.08. The minimum Gasteiger partial charge on any atom is -0.493 e. The second-order valence-corrected chi connectivity index (χ2v) is 7.76. The maximum atomic E-state index is 13.4. The van der Waals surface area contributed by atoms with Gasteiger partial charge in [0.1, 0.15) is 5.82 Å². The Bertz CT molecular complexity index is 1440. The van der Waals surface area contributed by atoms with Gasteiger partial charge in [0.05, 0.1) is 19.9 Å². The summed E-state index contributed by atoms with van der Waals surface area (Å²) in [4.78, 5) is 4.68. The number of benzene rings is 4. The van der Waals surface area contributed by atoms with E-state index in [4.69, 9.17) is 9.47 Å². The highest BCUT2D eigenvalue weighted by Crippen LogP contribution is 2.42. The number of hydrogen-bond donors (Lipinski definition) is 0. The second kappa shape index (κ2) is 8.75. The van der Waals surface area contributed by atoms with E-state index >= 15 is 0 Å². The van der Waals surface area contributed by atoms with Crippen LogP contribution in [-0.4, -0.2) is 19.2 Å². The van der Waals surface area contributed by atoms with E-state index in [0.29, 0.717) is 11.5 Å². The van der Waals surface area contributed by atoms with Crippen LogP contribution in [0, 0.1) is 5.82 Å². The van der Waals surface area contributed by atoms with Crippen molar-refractivity contribution in [3.63, 3.8) is 0 Å². The molecule has 0 unspecified atom stereocenters. The van der Waals surface area contributed by atoms with Gasteiger partial charge in [-0.1, -0.05) is 54.6 Å². The highest BCUT2D eigenvalue weighted by Gasteiger charge is 2.16. The molecule has 1 aromatic heterocycles. The van der Waals surface area contributed by atoms with E-state index in [2.05, 4.69) is 29.2 Å². The summed E-state index contributed by atoms with van der Waals surface area (Å²) in [6.07, 6.45) is 1.89. The largest absolute Gasteiger partial charge is 0.493 e. The van der Waals surface area contributed by atoms with Crippen molar-refractivity contribution in [1.29, 1.82) is 0 Å². The van der Waals surface area contributed by atoms with E-state index in [1.807, 2.05) is 48.7 Å². The quantitative estimate of drug-likeness (QED) is 0.288. The number of pyridine rings is 1. The molecule has 0 saturated carbocycles. The molecule has 0 N–H and O–H groups in total. The van der Waals surface area contributed by atoms with Gasteiger partial charge in [-0.3, -0.25) is 4.98 Å². The summed E-state index contributed by atoms with van der Waals surface area (Å²) in [5.74, 6) is 1.03. The molecule has 0 aliphatic heterocycles. The van der Waals surface area contributed by atoms with Crippen LogP contribution >= 0.6 is 0 Å². The Morgan fingerprint density at radius 1 is 0.636 bits per heavy atom. The summed E-state index contributed by atoms with van der Waals surface area (Å²) in [6.45, 7) is 0. The third-order valence-corrected chi connectivity index (χ3v) is 5.76. The average molecular weight is 435 g/mol. The Hall–Kier alpha value is -4.18. The molecule has 0 spiro atoms. The van der Waals surface area contributed by atoms with Gasteiger partial charge in [-0.15, -0.1) is 0 Å². The fraction of sp³-hybridized carbons (Fsp3) is 0.0690. The second-order valence-electron chi connectivity index (χ2n) is 7.76. The summed E-state index contributed by atoms with van der Waals surface area (Å²) in [5.41, 5.74) is 5.57. The van der Waals surface area contributed by atoms with Gasteiger partial charge in [-0.05, 0) is 58.5 Å². The monoisotopic (exact) mass is 435 g/mol. The van der Waals surface area contributed by atoms with Crippen LogP contribution in [0.5, 0.6) is 11.5 Å². The number of methoxy groups -OCH3 is 2. The Labute approximate surface area is 192 Å². The molecule has 33 heavy (non-hydrogen) atoms. The van der Waals surface area contributed by atoms with Crippen molar-refractivity contribution in [2.45, 2.75) is 0 Å². The van der Waals surface area contributed by atoms with Crippen molar-refractivity contribution in [3.05, 3.63) is 103 Å². The molecule has 4 heteroatoms. The lowest BCUT2D eigenvalue weighted by molar-refractivity contribution is 0.356. The number of ether oxygens (including phenoxy) is 2. The molecule has 0 atom stereocenters. The smallest absolute Gasteiger partial charge is 0.168 e. The molecule has 0 saturated heterocycles. The molecular formula is C29H22FNO2. The van der Waals surface area contributed by atoms with Crippen molar-refractivity contribution in [2.75, 3.05) is 14.2 Å². The van der Waals surface area contributed by atoms with Crippen LogP contribution in [0.4, 0.5) is 4.39 Å². The number of hydrogen-bond acceptors (Lipinski definition) is 3.